The second-order valence-corrected chi connectivity index (χ2v) is 7.84. The molecule has 0 heterocycles. The lowest BCUT2D eigenvalue weighted by Crippen LogP contribution is -2.39. The molecule has 0 aliphatic heterocycles. The van der Waals surface area contributed by atoms with Crippen LogP contribution in [0.5, 0.6) is 5.75 Å². The van der Waals surface area contributed by atoms with E-state index in [1.54, 1.807) is 0 Å². The maximum Gasteiger partial charge on any atom is 0.416 e. The Morgan fingerprint density at radius 2 is 1.85 bits per heavy atom. The number of rotatable bonds is 8. The van der Waals surface area contributed by atoms with Gasteiger partial charge in [-0.2, -0.15) is 18.3 Å². The molecule has 3 N–H and O–H groups in total. The Morgan fingerprint density at radius 1 is 1.12 bits per heavy atom. The molecular formula is C22H22ClF3N4O4. The number of hydrogen-bond acceptors (Lipinski definition) is 5. The van der Waals surface area contributed by atoms with Crippen LogP contribution in [0, 0.1) is 5.92 Å². The number of alkyl halides is 3. The van der Waals surface area contributed by atoms with Crippen molar-refractivity contribution in [3.63, 3.8) is 0 Å². The van der Waals surface area contributed by atoms with Crippen LogP contribution in [0.2, 0.25) is 5.02 Å². The fourth-order valence-corrected chi connectivity index (χ4v) is 2.63. The normalized spacial score (nSPS) is 11.4. The molecule has 0 fully saturated rings. The molecule has 12 heteroatoms. The van der Waals surface area contributed by atoms with Crippen molar-refractivity contribution < 1.29 is 32.3 Å². The van der Waals surface area contributed by atoms with Gasteiger partial charge in [-0.1, -0.05) is 31.5 Å². The zero-order valence-corrected chi connectivity index (χ0v) is 19.0. The number of nitrogens with one attached hydrogen (secondary N) is 3. The zero-order chi connectivity index (χ0) is 25.3. The average Bonchev–Trinajstić information content (AvgIpc) is 2.76. The van der Waals surface area contributed by atoms with Crippen molar-refractivity contribution >= 4 is 41.2 Å². The maximum atomic E-state index is 12.8. The third-order valence-electron chi connectivity index (χ3n) is 4.05. The number of benzene rings is 2. The summed E-state index contributed by atoms with van der Waals surface area (Å²) < 4.78 is 43.8. The van der Waals surface area contributed by atoms with Crippen molar-refractivity contribution in [2.24, 2.45) is 11.0 Å². The number of carbonyl (C=O) groups is 3. The van der Waals surface area contributed by atoms with Crippen LogP contribution in [-0.4, -0.2) is 37.1 Å². The molecule has 2 rings (SSSR count). The molecule has 2 aromatic carbocycles. The van der Waals surface area contributed by atoms with E-state index < -0.39 is 36.1 Å². The molecule has 0 aliphatic rings. The minimum absolute atomic E-state index is 0.0419. The first-order valence-electron chi connectivity index (χ1n) is 9.96. The molecule has 8 nitrogen and oxygen atoms in total. The van der Waals surface area contributed by atoms with Gasteiger partial charge in [-0.25, -0.2) is 5.43 Å². The van der Waals surface area contributed by atoms with Gasteiger partial charge in [0.1, 0.15) is 5.75 Å². The van der Waals surface area contributed by atoms with Gasteiger partial charge in [0, 0.05) is 22.8 Å². The number of ether oxygens (including phenoxy) is 1. The third-order valence-corrected chi connectivity index (χ3v) is 4.29. The van der Waals surface area contributed by atoms with Gasteiger partial charge in [0.25, 0.3) is 5.91 Å². The summed E-state index contributed by atoms with van der Waals surface area (Å²) >= 11 is 5.96. The van der Waals surface area contributed by atoms with E-state index in [2.05, 4.69) is 21.2 Å². The Hall–Kier alpha value is -3.60. The van der Waals surface area contributed by atoms with Gasteiger partial charge in [0.15, 0.2) is 6.61 Å². The van der Waals surface area contributed by atoms with E-state index in [9.17, 15) is 27.6 Å². The van der Waals surface area contributed by atoms with Crippen LogP contribution in [0.3, 0.4) is 0 Å². The zero-order valence-electron chi connectivity index (χ0n) is 18.2. The van der Waals surface area contributed by atoms with Gasteiger partial charge in [0.05, 0.1) is 11.8 Å². The van der Waals surface area contributed by atoms with Gasteiger partial charge in [0.2, 0.25) is 0 Å². The summed E-state index contributed by atoms with van der Waals surface area (Å²) in [6.07, 6.45) is -3.38. The van der Waals surface area contributed by atoms with Crippen molar-refractivity contribution in [3.05, 3.63) is 58.6 Å². The molecule has 182 valence electrons. The van der Waals surface area contributed by atoms with E-state index in [1.165, 1.54) is 36.5 Å². The van der Waals surface area contributed by atoms with Gasteiger partial charge in [-0.3, -0.25) is 14.4 Å². The van der Waals surface area contributed by atoms with Gasteiger partial charge in [-0.05, 0) is 42.3 Å². The lowest BCUT2D eigenvalue weighted by Gasteiger charge is -2.11. The van der Waals surface area contributed by atoms with Crippen LogP contribution >= 0.6 is 11.6 Å². The van der Waals surface area contributed by atoms with Crippen LogP contribution in [-0.2, 0) is 20.6 Å². The van der Waals surface area contributed by atoms with Crippen molar-refractivity contribution in [2.45, 2.75) is 20.0 Å². The Balaban J connectivity index is 1.98. The fraction of sp³-hybridized carbons (Fsp3) is 0.273. The quantitative estimate of drug-likeness (QED) is 0.293. The SMILES string of the molecule is CC(C)CNC(=O)C(=O)N/N=C\c1cc(Cl)ccc1OCC(=O)Nc1cccc(C(F)(F)F)c1. The molecule has 0 spiro atoms. The lowest BCUT2D eigenvalue weighted by molar-refractivity contribution is -0.139. The smallest absolute Gasteiger partial charge is 0.416 e. The van der Waals surface area contributed by atoms with Crippen LogP contribution in [0.25, 0.3) is 0 Å². The molecule has 0 saturated heterocycles. The first-order chi connectivity index (χ1) is 16.0. The summed E-state index contributed by atoms with van der Waals surface area (Å²) in [6, 6.07) is 8.54. The Morgan fingerprint density at radius 3 is 2.53 bits per heavy atom. The third kappa shape index (κ3) is 8.74. The first-order valence-corrected chi connectivity index (χ1v) is 10.3. The second-order valence-electron chi connectivity index (χ2n) is 7.40. The predicted molar refractivity (Wildman–Crippen MR) is 121 cm³/mol. The summed E-state index contributed by atoms with van der Waals surface area (Å²) in [5.41, 5.74) is 1.40. The molecule has 0 aliphatic carbocycles. The number of halogens is 4. The molecule has 2 aromatic rings. The summed E-state index contributed by atoms with van der Waals surface area (Å²) in [6.45, 7) is 3.54. The highest BCUT2D eigenvalue weighted by Crippen LogP contribution is 2.30. The monoisotopic (exact) mass is 498 g/mol. The van der Waals surface area contributed by atoms with Gasteiger partial charge < -0.3 is 15.4 Å². The fourth-order valence-electron chi connectivity index (χ4n) is 2.45. The molecule has 34 heavy (non-hydrogen) atoms. The standard InChI is InChI=1S/C22H22ClF3N4O4/c1-13(2)10-27-20(32)21(33)30-28-11-14-8-16(23)6-7-18(14)34-12-19(31)29-17-5-3-4-15(9-17)22(24,25)26/h3-9,11,13H,10,12H2,1-2H3,(H,27,32)(H,29,31)(H,30,33)/b28-11-. The van der Waals surface area contributed by atoms with E-state index in [-0.39, 0.29) is 22.9 Å². The van der Waals surface area contributed by atoms with E-state index in [0.29, 0.717) is 11.6 Å². The van der Waals surface area contributed by atoms with Crippen molar-refractivity contribution in [2.75, 3.05) is 18.5 Å². The van der Waals surface area contributed by atoms with E-state index in [1.807, 2.05) is 13.8 Å². The molecule has 0 aromatic heterocycles. The Labute approximate surface area is 198 Å². The predicted octanol–water partition coefficient (Wildman–Crippen LogP) is 3.60. The highest BCUT2D eigenvalue weighted by Gasteiger charge is 2.30. The highest BCUT2D eigenvalue weighted by atomic mass is 35.5. The second kappa shape index (κ2) is 12.0. The van der Waals surface area contributed by atoms with Gasteiger partial charge >= 0.3 is 18.0 Å². The van der Waals surface area contributed by atoms with E-state index in [4.69, 9.17) is 16.3 Å². The number of anilines is 1. The van der Waals surface area contributed by atoms with Crippen molar-refractivity contribution in [3.8, 4) is 5.75 Å². The summed E-state index contributed by atoms with van der Waals surface area (Å²) in [5, 5.41) is 8.76. The molecule has 0 unspecified atom stereocenters. The van der Waals surface area contributed by atoms with Crippen LogP contribution < -0.4 is 20.8 Å². The number of hydrogen-bond donors (Lipinski definition) is 3. The highest BCUT2D eigenvalue weighted by molar-refractivity contribution is 6.35. The number of amides is 3. The topological polar surface area (TPSA) is 109 Å². The molecule has 3 amide bonds. The number of hydrazone groups is 1. The molecule has 0 atom stereocenters. The number of nitrogens with zero attached hydrogens (tertiary/aromatic N) is 1. The van der Waals surface area contributed by atoms with Crippen molar-refractivity contribution in [1.29, 1.82) is 0 Å². The van der Waals surface area contributed by atoms with E-state index >= 15 is 0 Å². The minimum Gasteiger partial charge on any atom is -0.483 e. The molecule has 0 bridgehead atoms. The van der Waals surface area contributed by atoms with Gasteiger partial charge in [-0.15, -0.1) is 0 Å². The van der Waals surface area contributed by atoms with Crippen LogP contribution in [0.4, 0.5) is 18.9 Å². The number of carbonyl (C=O) groups excluding carboxylic acids is 3. The minimum atomic E-state index is -4.54. The Bertz CT molecular complexity index is 1070. The maximum absolute atomic E-state index is 12.8. The molecule has 0 saturated carbocycles. The van der Waals surface area contributed by atoms with E-state index in [0.717, 1.165) is 12.1 Å². The summed E-state index contributed by atoms with van der Waals surface area (Å²) in [7, 11) is 0. The average molecular weight is 499 g/mol. The molecule has 0 radical (unpaired) electrons. The lowest BCUT2D eigenvalue weighted by atomic mass is 10.2. The summed E-state index contributed by atoms with van der Waals surface area (Å²) in [4.78, 5) is 35.6. The Kier molecular flexibility index (Phi) is 9.43. The van der Waals surface area contributed by atoms with Crippen LogP contribution in [0.15, 0.2) is 47.6 Å². The molecular weight excluding hydrogens is 477 g/mol. The summed E-state index contributed by atoms with van der Waals surface area (Å²) in [5.74, 6) is -2.20. The van der Waals surface area contributed by atoms with Crippen LogP contribution in [0.1, 0.15) is 25.0 Å². The largest absolute Gasteiger partial charge is 0.483 e. The first kappa shape index (κ1) is 26.7. The van der Waals surface area contributed by atoms with Crippen molar-refractivity contribution in [1.82, 2.24) is 10.7 Å².